The van der Waals surface area contributed by atoms with Crippen LogP contribution in [0.2, 0.25) is 0 Å². The van der Waals surface area contributed by atoms with E-state index in [1.807, 2.05) is 23.1 Å². The highest BCUT2D eigenvalue weighted by molar-refractivity contribution is 14.0. The highest BCUT2D eigenvalue weighted by Gasteiger charge is 2.34. The zero-order chi connectivity index (χ0) is 20.1. The Morgan fingerprint density at radius 2 is 2.10 bits per heavy atom. The molecule has 2 unspecified atom stereocenters. The zero-order valence-corrected chi connectivity index (χ0v) is 20.4. The lowest BCUT2D eigenvalue weighted by atomic mass is 9.90. The number of likely N-dealkylation sites (tertiary alicyclic amines) is 1. The Bertz CT molecular complexity index is 723. The molecule has 2 N–H and O–H groups in total. The van der Waals surface area contributed by atoms with Gasteiger partial charge in [0.05, 0.1) is 6.04 Å². The van der Waals surface area contributed by atoms with E-state index < -0.39 is 0 Å². The Hall–Kier alpha value is -1.51. The van der Waals surface area contributed by atoms with E-state index in [-0.39, 0.29) is 41.5 Å². The van der Waals surface area contributed by atoms with Crippen LogP contribution in [0.25, 0.3) is 0 Å². The first-order chi connectivity index (χ1) is 13.4. The summed E-state index contributed by atoms with van der Waals surface area (Å²) in [6.45, 7) is 8.79. The van der Waals surface area contributed by atoms with E-state index in [9.17, 15) is 4.79 Å². The molecule has 2 heterocycles. The number of carbonyl (C=O) groups excluding carboxylic acids is 1. The second-order valence-corrected chi connectivity index (χ2v) is 8.64. The first-order valence-electron chi connectivity index (χ1n) is 10.4. The van der Waals surface area contributed by atoms with Crippen LogP contribution in [0.3, 0.4) is 0 Å². The molecule has 1 amide bonds. The van der Waals surface area contributed by atoms with Gasteiger partial charge in [0.2, 0.25) is 5.91 Å². The summed E-state index contributed by atoms with van der Waals surface area (Å²) in [6, 6.07) is 8.25. The van der Waals surface area contributed by atoms with Crippen molar-refractivity contribution in [3.05, 3.63) is 29.8 Å². The van der Waals surface area contributed by atoms with Crippen molar-refractivity contribution < 1.29 is 9.53 Å². The average Bonchev–Trinajstić information content (AvgIpc) is 2.66. The monoisotopic (exact) mass is 514 g/mol. The van der Waals surface area contributed by atoms with E-state index >= 15 is 0 Å². The van der Waals surface area contributed by atoms with Gasteiger partial charge in [0.15, 0.2) is 5.96 Å². The number of piperidine rings is 1. The molecule has 0 bridgehead atoms. The predicted molar refractivity (Wildman–Crippen MR) is 128 cm³/mol. The number of para-hydroxylation sites is 1. The van der Waals surface area contributed by atoms with E-state index in [2.05, 4.69) is 42.5 Å². The molecular formula is C22H35IN4O2. The Morgan fingerprint density at radius 1 is 1.34 bits per heavy atom. The van der Waals surface area contributed by atoms with Crippen LogP contribution in [-0.2, 0) is 4.79 Å². The maximum Gasteiger partial charge on any atom is 0.224 e. The lowest BCUT2D eigenvalue weighted by molar-refractivity contribution is -0.132. The van der Waals surface area contributed by atoms with Crippen molar-refractivity contribution in [2.24, 2.45) is 10.9 Å². The van der Waals surface area contributed by atoms with Crippen LogP contribution in [0, 0.1) is 5.92 Å². The topological polar surface area (TPSA) is 66.0 Å². The van der Waals surface area contributed by atoms with E-state index in [4.69, 9.17) is 4.74 Å². The average molecular weight is 514 g/mol. The number of ether oxygens (including phenoxy) is 1. The van der Waals surface area contributed by atoms with Crippen molar-refractivity contribution >= 4 is 35.8 Å². The van der Waals surface area contributed by atoms with Crippen molar-refractivity contribution in [2.75, 3.05) is 26.7 Å². The van der Waals surface area contributed by atoms with Crippen LogP contribution in [0.5, 0.6) is 5.75 Å². The Balaban J connectivity index is 0.00000300. The Morgan fingerprint density at radius 3 is 2.83 bits per heavy atom. The standard InChI is InChI=1S/C22H34N4O2.HI/c1-16-8-7-13-26(15-16)20(27)11-12-24-21(23-4)25-18-14-22(2,3)28-19-10-6-5-9-17(18)19;/h5-6,9-10,16,18H,7-8,11-15H2,1-4H3,(H2,23,24,25);1H. The lowest BCUT2D eigenvalue weighted by Gasteiger charge is -2.38. The second kappa shape index (κ2) is 10.5. The highest BCUT2D eigenvalue weighted by Crippen LogP contribution is 2.39. The quantitative estimate of drug-likeness (QED) is 0.365. The van der Waals surface area contributed by atoms with Crippen molar-refractivity contribution in [2.45, 2.75) is 58.1 Å². The summed E-state index contributed by atoms with van der Waals surface area (Å²) in [6.07, 6.45) is 3.67. The van der Waals surface area contributed by atoms with Crippen LogP contribution in [0.4, 0.5) is 0 Å². The first kappa shape index (κ1) is 23.8. The summed E-state index contributed by atoms with van der Waals surface area (Å²) in [5.41, 5.74) is 0.898. The summed E-state index contributed by atoms with van der Waals surface area (Å²) < 4.78 is 6.10. The van der Waals surface area contributed by atoms with Gasteiger partial charge in [-0.25, -0.2) is 0 Å². The van der Waals surface area contributed by atoms with Crippen LogP contribution < -0.4 is 15.4 Å². The van der Waals surface area contributed by atoms with E-state index in [1.165, 1.54) is 6.42 Å². The lowest BCUT2D eigenvalue weighted by Crippen LogP contribution is -2.46. The van der Waals surface area contributed by atoms with E-state index in [0.29, 0.717) is 18.9 Å². The molecule has 2 aliphatic heterocycles. The fourth-order valence-corrected chi connectivity index (χ4v) is 4.15. The molecular weight excluding hydrogens is 479 g/mol. The number of amides is 1. The van der Waals surface area contributed by atoms with Crippen LogP contribution in [-0.4, -0.2) is 49.0 Å². The molecule has 0 saturated carbocycles. The minimum atomic E-state index is -0.244. The summed E-state index contributed by atoms with van der Waals surface area (Å²) in [5.74, 6) is 2.47. The van der Waals surface area contributed by atoms with Gasteiger partial charge in [-0.2, -0.15) is 0 Å². The molecule has 7 heteroatoms. The third-order valence-corrected chi connectivity index (χ3v) is 5.55. The van der Waals surface area contributed by atoms with Crippen molar-refractivity contribution in [3.63, 3.8) is 0 Å². The molecule has 0 radical (unpaired) electrons. The molecule has 0 aliphatic carbocycles. The Kier molecular flexibility index (Phi) is 8.60. The third-order valence-electron chi connectivity index (χ3n) is 5.55. The number of hydrogen-bond donors (Lipinski definition) is 2. The molecule has 2 atom stereocenters. The fraction of sp³-hybridized carbons (Fsp3) is 0.636. The fourth-order valence-electron chi connectivity index (χ4n) is 4.15. The number of fused-ring (bicyclic) bond motifs is 1. The van der Waals surface area contributed by atoms with Crippen LogP contribution in [0.15, 0.2) is 29.3 Å². The smallest absolute Gasteiger partial charge is 0.224 e. The van der Waals surface area contributed by atoms with Gasteiger partial charge in [-0.3, -0.25) is 9.79 Å². The summed E-state index contributed by atoms with van der Waals surface area (Å²) >= 11 is 0. The highest BCUT2D eigenvalue weighted by atomic mass is 127. The van der Waals surface area contributed by atoms with Crippen molar-refractivity contribution in [3.8, 4) is 5.75 Å². The normalized spacial score (nSPS) is 23.3. The minimum Gasteiger partial charge on any atom is -0.487 e. The molecule has 1 saturated heterocycles. The molecule has 0 spiro atoms. The number of hydrogen-bond acceptors (Lipinski definition) is 3. The molecule has 0 aromatic heterocycles. The number of nitrogens with one attached hydrogen (secondary N) is 2. The molecule has 29 heavy (non-hydrogen) atoms. The van der Waals surface area contributed by atoms with Crippen molar-refractivity contribution in [1.82, 2.24) is 15.5 Å². The van der Waals surface area contributed by atoms with Gasteiger partial charge in [-0.05, 0) is 38.7 Å². The number of carbonyl (C=O) groups is 1. The number of nitrogens with zero attached hydrogens (tertiary/aromatic N) is 2. The number of aliphatic imine (C=N–C) groups is 1. The number of rotatable bonds is 4. The molecule has 1 fully saturated rings. The number of halogens is 1. The Labute approximate surface area is 191 Å². The molecule has 6 nitrogen and oxygen atoms in total. The van der Waals surface area contributed by atoms with E-state index in [1.54, 1.807) is 7.05 Å². The molecule has 1 aromatic rings. The molecule has 162 valence electrons. The van der Waals surface area contributed by atoms with Gasteiger partial charge in [0.25, 0.3) is 0 Å². The molecule has 3 rings (SSSR count). The second-order valence-electron chi connectivity index (χ2n) is 8.64. The van der Waals surface area contributed by atoms with Gasteiger partial charge in [0.1, 0.15) is 11.4 Å². The zero-order valence-electron chi connectivity index (χ0n) is 18.0. The van der Waals surface area contributed by atoms with Gasteiger partial charge in [0, 0.05) is 45.1 Å². The van der Waals surface area contributed by atoms with Gasteiger partial charge >= 0.3 is 0 Å². The van der Waals surface area contributed by atoms with Gasteiger partial charge < -0.3 is 20.3 Å². The van der Waals surface area contributed by atoms with Crippen LogP contribution in [0.1, 0.15) is 58.1 Å². The van der Waals surface area contributed by atoms with Gasteiger partial charge in [-0.15, -0.1) is 24.0 Å². The summed E-state index contributed by atoms with van der Waals surface area (Å²) in [7, 11) is 1.76. The SMILES string of the molecule is CN=C(NCCC(=O)N1CCCC(C)C1)NC1CC(C)(C)Oc2ccccc21.I. The molecule has 2 aliphatic rings. The summed E-state index contributed by atoms with van der Waals surface area (Å²) in [4.78, 5) is 18.8. The maximum atomic E-state index is 12.5. The van der Waals surface area contributed by atoms with Crippen LogP contribution >= 0.6 is 24.0 Å². The third kappa shape index (κ3) is 6.49. The predicted octanol–water partition coefficient (Wildman–Crippen LogP) is 3.72. The molecule has 1 aromatic carbocycles. The van der Waals surface area contributed by atoms with Gasteiger partial charge in [-0.1, -0.05) is 25.1 Å². The number of guanidine groups is 1. The maximum absolute atomic E-state index is 12.5. The largest absolute Gasteiger partial charge is 0.487 e. The first-order valence-corrected chi connectivity index (χ1v) is 10.4. The van der Waals surface area contributed by atoms with E-state index in [0.717, 1.165) is 43.2 Å². The minimum absolute atomic E-state index is 0. The number of benzene rings is 1. The summed E-state index contributed by atoms with van der Waals surface area (Å²) in [5, 5.41) is 6.82. The van der Waals surface area contributed by atoms with Crippen molar-refractivity contribution in [1.29, 1.82) is 0 Å².